The van der Waals surface area contributed by atoms with E-state index in [0.717, 1.165) is 0 Å². The van der Waals surface area contributed by atoms with Crippen LogP contribution in [0.25, 0.3) is 11.1 Å². The van der Waals surface area contributed by atoms with E-state index in [9.17, 15) is 13.6 Å². The van der Waals surface area contributed by atoms with Crippen LogP contribution in [0.15, 0.2) is 24.4 Å². The molecular weight excluding hydrogens is 274 g/mol. The van der Waals surface area contributed by atoms with Crippen LogP contribution in [0.1, 0.15) is 10.5 Å². The molecular formula is C12H8F2N2O4. The van der Waals surface area contributed by atoms with Gasteiger partial charge >= 0.3 is 12.3 Å². The monoisotopic (exact) mass is 282 g/mol. The van der Waals surface area contributed by atoms with Gasteiger partial charge in [-0.2, -0.15) is 5.10 Å². The third kappa shape index (κ3) is 1.85. The van der Waals surface area contributed by atoms with Crippen molar-refractivity contribution in [3.63, 3.8) is 0 Å². The fraction of sp³-hybridized carbons (Fsp3) is 0.167. The van der Waals surface area contributed by atoms with Crippen LogP contribution in [0.4, 0.5) is 8.78 Å². The predicted octanol–water partition coefficient (Wildman–Crippen LogP) is 2.11. The molecule has 2 aromatic rings. The summed E-state index contributed by atoms with van der Waals surface area (Å²) in [5, 5.41) is 12.9. The zero-order valence-corrected chi connectivity index (χ0v) is 10.1. The minimum atomic E-state index is -3.76. The molecule has 8 heteroatoms. The van der Waals surface area contributed by atoms with Gasteiger partial charge in [0.15, 0.2) is 17.2 Å². The van der Waals surface area contributed by atoms with E-state index in [4.69, 9.17) is 5.11 Å². The first kappa shape index (κ1) is 12.4. The first-order valence-electron chi connectivity index (χ1n) is 5.53. The molecule has 0 bridgehead atoms. The van der Waals surface area contributed by atoms with E-state index < -0.39 is 12.3 Å². The number of aryl methyl sites for hydroxylation is 1. The number of benzene rings is 1. The standard InChI is InChI=1S/C12H8F2N2O4/c1-16-5-7(9(15-16)11(17)18)6-3-2-4-8-10(6)20-12(13,14)19-8/h2-5H,1H3,(H,17,18). The SMILES string of the molecule is Cn1cc(-c2cccc3c2OC(F)(F)O3)c(C(=O)O)n1. The number of nitrogens with zero attached hydrogens (tertiary/aromatic N) is 2. The molecule has 20 heavy (non-hydrogen) atoms. The van der Waals surface area contributed by atoms with Gasteiger partial charge in [0.1, 0.15) is 0 Å². The Morgan fingerprint density at radius 1 is 1.35 bits per heavy atom. The molecule has 0 atom stereocenters. The lowest BCUT2D eigenvalue weighted by Gasteiger charge is -2.06. The van der Waals surface area contributed by atoms with Crippen molar-refractivity contribution >= 4 is 5.97 Å². The summed E-state index contributed by atoms with van der Waals surface area (Å²) in [6.07, 6.45) is -2.34. The van der Waals surface area contributed by atoms with Gasteiger partial charge < -0.3 is 14.6 Å². The van der Waals surface area contributed by atoms with Gasteiger partial charge in [0.25, 0.3) is 0 Å². The van der Waals surface area contributed by atoms with Crippen LogP contribution in [0.3, 0.4) is 0 Å². The van der Waals surface area contributed by atoms with Crippen LogP contribution in [0.2, 0.25) is 0 Å². The lowest BCUT2D eigenvalue weighted by Crippen LogP contribution is -2.26. The molecule has 0 spiro atoms. The average Bonchev–Trinajstić information content (AvgIpc) is 2.86. The lowest BCUT2D eigenvalue weighted by atomic mass is 10.0. The van der Waals surface area contributed by atoms with Gasteiger partial charge in [0.2, 0.25) is 0 Å². The quantitative estimate of drug-likeness (QED) is 0.913. The maximum atomic E-state index is 13.1. The number of fused-ring (bicyclic) bond motifs is 1. The van der Waals surface area contributed by atoms with E-state index in [1.807, 2.05) is 0 Å². The molecule has 2 heterocycles. The highest BCUT2D eigenvalue weighted by Gasteiger charge is 2.45. The third-order valence-corrected chi connectivity index (χ3v) is 2.75. The van der Waals surface area contributed by atoms with E-state index in [0.29, 0.717) is 0 Å². The Hall–Kier alpha value is -2.64. The van der Waals surface area contributed by atoms with E-state index in [1.54, 1.807) is 0 Å². The topological polar surface area (TPSA) is 73.6 Å². The zero-order chi connectivity index (χ0) is 14.5. The number of carboxylic acids is 1. The normalized spacial score (nSPS) is 15.3. The maximum absolute atomic E-state index is 13.1. The number of carbonyl (C=O) groups is 1. The van der Waals surface area contributed by atoms with E-state index in [2.05, 4.69) is 14.6 Å². The molecule has 1 N–H and O–H groups in total. The predicted molar refractivity (Wildman–Crippen MR) is 61.8 cm³/mol. The van der Waals surface area contributed by atoms with Gasteiger partial charge in [-0.05, 0) is 6.07 Å². The van der Waals surface area contributed by atoms with Crippen LogP contribution in [0.5, 0.6) is 11.5 Å². The van der Waals surface area contributed by atoms with Crippen LogP contribution in [-0.4, -0.2) is 27.2 Å². The summed E-state index contributed by atoms with van der Waals surface area (Å²) < 4.78 is 36.3. The number of rotatable bonds is 2. The summed E-state index contributed by atoms with van der Waals surface area (Å²) in [5.74, 6) is -1.61. The zero-order valence-electron chi connectivity index (χ0n) is 10.1. The highest BCUT2D eigenvalue weighted by Crippen LogP contribution is 2.47. The molecule has 0 amide bonds. The molecule has 1 aliphatic heterocycles. The largest absolute Gasteiger partial charge is 0.586 e. The number of alkyl halides is 2. The van der Waals surface area contributed by atoms with Crippen LogP contribution < -0.4 is 9.47 Å². The Bertz CT molecular complexity index is 711. The number of carboxylic acid groups (broad SMARTS) is 1. The number of hydrogen-bond acceptors (Lipinski definition) is 4. The molecule has 0 radical (unpaired) electrons. The van der Waals surface area contributed by atoms with E-state index in [-0.39, 0.29) is 28.3 Å². The van der Waals surface area contributed by atoms with Crippen molar-refractivity contribution in [1.82, 2.24) is 9.78 Å². The summed E-state index contributed by atoms with van der Waals surface area (Å²) in [4.78, 5) is 11.1. The smallest absolute Gasteiger partial charge is 0.476 e. The molecule has 3 rings (SSSR count). The van der Waals surface area contributed by atoms with Crippen molar-refractivity contribution < 1.29 is 28.2 Å². The van der Waals surface area contributed by atoms with Gasteiger partial charge in [-0.1, -0.05) is 12.1 Å². The third-order valence-electron chi connectivity index (χ3n) is 2.75. The number of aromatic nitrogens is 2. The second kappa shape index (κ2) is 3.92. The Balaban J connectivity index is 2.19. The van der Waals surface area contributed by atoms with E-state index >= 15 is 0 Å². The van der Waals surface area contributed by atoms with E-state index in [1.165, 1.54) is 36.1 Å². The summed E-state index contributed by atoms with van der Waals surface area (Å²) >= 11 is 0. The van der Waals surface area contributed by atoms with Gasteiger partial charge in [-0.3, -0.25) is 4.68 Å². The van der Waals surface area contributed by atoms with Crippen molar-refractivity contribution in [3.8, 4) is 22.6 Å². The summed E-state index contributed by atoms with van der Waals surface area (Å²) in [7, 11) is 1.53. The first-order valence-corrected chi connectivity index (χ1v) is 5.53. The van der Waals surface area contributed by atoms with Crippen molar-refractivity contribution in [1.29, 1.82) is 0 Å². The average molecular weight is 282 g/mol. The number of ether oxygens (including phenoxy) is 2. The highest BCUT2D eigenvalue weighted by atomic mass is 19.3. The maximum Gasteiger partial charge on any atom is 0.586 e. The first-order chi connectivity index (χ1) is 9.37. The minimum Gasteiger partial charge on any atom is -0.476 e. The molecule has 0 aliphatic carbocycles. The number of halogens is 2. The Kier molecular flexibility index (Phi) is 2.43. The molecule has 1 aromatic carbocycles. The molecule has 0 saturated heterocycles. The van der Waals surface area contributed by atoms with Crippen molar-refractivity contribution in [2.75, 3.05) is 0 Å². The Morgan fingerprint density at radius 3 is 2.80 bits per heavy atom. The molecule has 104 valence electrons. The second-order valence-electron chi connectivity index (χ2n) is 4.17. The Morgan fingerprint density at radius 2 is 2.10 bits per heavy atom. The van der Waals surface area contributed by atoms with Crippen LogP contribution in [0, 0.1) is 0 Å². The molecule has 0 saturated carbocycles. The van der Waals surface area contributed by atoms with Gasteiger partial charge in [-0.15, -0.1) is 8.78 Å². The second-order valence-corrected chi connectivity index (χ2v) is 4.17. The Labute approximate surface area is 111 Å². The molecule has 1 aromatic heterocycles. The summed E-state index contributed by atoms with van der Waals surface area (Å²) in [6, 6.07) is 4.25. The van der Waals surface area contributed by atoms with Crippen molar-refractivity contribution in [2.24, 2.45) is 7.05 Å². The summed E-state index contributed by atoms with van der Waals surface area (Å²) in [6.45, 7) is 0. The van der Waals surface area contributed by atoms with Gasteiger partial charge in [0.05, 0.1) is 0 Å². The van der Waals surface area contributed by atoms with Crippen molar-refractivity contribution in [3.05, 3.63) is 30.1 Å². The summed E-state index contributed by atoms with van der Waals surface area (Å²) in [5.41, 5.74) is 0.114. The van der Waals surface area contributed by atoms with Crippen molar-refractivity contribution in [2.45, 2.75) is 6.29 Å². The highest BCUT2D eigenvalue weighted by molar-refractivity contribution is 5.95. The van der Waals surface area contributed by atoms with Gasteiger partial charge in [0, 0.05) is 24.4 Å². The molecule has 1 aliphatic rings. The van der Waals surface area contributed by atoms with Crippen LogP contribution in [-0.2, 0) is 7.05 Å². The molecule has 0 unspecified atom stereocenters. The number of para-hydroxylation sites is 1. The van der Waals surface area contributed by atoms with Crippen LogP contribution >= 0.6 is 0 Å². The lowest BCUT2D eigenvalue weighted by molar-refractivity contribution is -0.286. The fourth-order valence-electron chi connectivity index (χ4n) is 2.02. The fourth-order valence-corrected chi connectivity index (χ4v) is 2.02. The number of aromatic carboxylic acids is 1. The van der Waals surface area contributed by atoms with Gasteiger partial charge in [-0.25, -0.2) is 4.79 Å². The molecule has 6 nitrogen and oxygen atoms in total. The number of hydrogen-bond donors (Lipinski definition) is 1. The minimum absolute atomic E-state index is 0.146. The molecule has 0 fully saturated rings.